The highest BCUT2D eigenvalue weighted by molar-refractivity contribution is 5.58. The molecule has 0 aliphatic heterocycles. The number of phenolic OH excluding ortho intramolecular Hbond substituents is 1. The number of nitrogen functional groups attached to an aromatic ring is 1. The van der Waals surface area contributed by atoms with E-state index in [9.17, 15) is 9.50 Å². The minimum absolute atomic E-state index is 0.162. The molecule has 0 radical (unpaired) electrons. The molecule has 0 saturated heterocycles. The zero-order chi connectivity index (χ0) is 10.8. The summed E-state index contributed by atoms with van der Waals surface area (Å²) in [5, 5.41) is 9.19. The van der Waals surface area contributed by atoms with Crippen LogP contribution in [0.3, 0.4) is 0 Å². The van der Waals surface area contributed by atoms with Crippen molar-refractivity contribution >= 4 is 5.69 Å². The molecule has 76 valence electrons. The van der Waals surface area contributed by atoms with Gasteiger partial charge in [0.25, 0.3) is 0 Å². The molecule has 0 aliphatic rings. The summed E-state index contributed by atoms with van der Waals surface area (Å²) < 4.78 is 13.0. The number of anilines is 1. The van der Waals surface area contributed by atoms with Crippen molar-refractivity contribution in [2.45, 2.75) is 0 Å². The van der Waals surface area contributed by atoms with Gasteiger partial charge >= 0.3 is 0 Å². The number of nitrogens with zero attached hydrogens (tertiary/aromatic N) is 2. The van der Waals surface area contributed by atoms with Crippen molar-refractivity contribution in [3.8, 4) is 17.1 Å². The molecule has 0 spiro atoms. The van der Waals surface area contributed by atoms with Gasteiger partial charge in [-0.15, -0.1) is 0 Å². The molecule has 0 unspecified atom stereocenters. The lowest BCUT2D eigenvalue weighted by Crippen LogP contribution is -1.92. The molecule has 0 amide bonds. The summed E-state index contributed by atoms with van der Waals surface area (Å²) in [4.78, 5) is 7.83. The standard InChI is InChI=1S/C10H8FN3O/c11-7-1-6(2-9(15)3-7)10-13-4-8(12)5-14-10/h1-5,15H,12H2. The summed E-state index contributed by atoms with van der Waals surface area (Å²) >= 11 is 0. The molecule has 0 atom stereocenters. The van der Waals surface area contributed by atoms with Crippen LogP contribution in [0.2, 0.25) is 0 Å². The Morgan fingerprint density at radius 1 is 1.13 bits per heavy atom. The quantitative estimate of drug-likeness (QED) is 0.741. The number of nitrogens with two attached hydrogens (primary N) is 1. The molecule has 0 aliphatic carbocycles. The van der Waals surface area contributed by atoms with Crippen molar-refractivity contribution in [3.63, 3.8) is 0 Å². The average Bonchev–Trinajstić information content (AvgIpc) is 2.17. The summed E-state index contributed by atoms with van der Waals surface area (Å²) in [6.07, 6.45) is 2.84. The molecule has 3 N–H and O–H groups in total. The average molecular weight is 205 g/mol. The Kier molecular flexibility index (Phi) is 2.21. The number of phenols is 1. The highest BCUT2D eigenvalue weighted by Crippen LogP contribution is 2.21. The second kappa shape index (κ2) is 3.53. The predicted octanol–water partition coefficient (Wildman–Crippen LogP) is 1.57. The number of rotatable bonds is 1. The minimum Gasteiger partial charge on any atom is -0.508 e. The van der Waals surface area contributed by atoms with E-state index in [4.69, 9.17) is 5.73 Å². The van der Waals surface area contributed by atoms with Crippen LogP contribution in [0, 0.1) is 5.82 Å². The van der Waals surface area contributed by atoms with Gasteiger partial charge in [0.15, 0.2) is 5.82 Å². The Morgan fingerprint density at radius 2 is 1.80 bits per heavy atom. The van der Waals surface area contributed by atoms with Gasteiger partial charge in [-0.1, -0.05) is 0 Å². The number of aromatic nitrogens is 2. The van der Waals surface area contributed by atoms with Crippen molar-refractivity contribution < 1.29 is 9.50 Å². The van der Waals surface area contributed by atoms with E-state index in [1.807, 2.05) is 0 Å². The second-order valence-electron chi connectivity index (χ2n) is 3.04. The first-order valence-corrected chi connectivity index (χ1v) is 4.22. The van der Waals surface area contributed by atoms with Gasteiger partial charge in [-0.2, -0.15) is 0 Å². The number of benzene rings is 1. The molecular weight excluding hydrogens is 197 g/mol. The smallest absolute Gasteiger partial charge is 0.159 e. The predicted molar refractivity (Wildman–Crippen MR) is 53.5 cm³/mol. The highest BCUT2D eigenvalue weighted by atomic mass is 19.1. The van der Waals surface area contributed by atoms with Crippen molar-refractivity contribution in [1.82, 2.24) is 9.97 Å². The van der Waals surface area contributed by atoms with Gasteiger partial charge in [-0.25, -0.2) is 14.4 Å². The van der Waals surface area contributed by atoms with Crippen LogP contribution in [0.25, 0.3) is 11.4 Å². The van der Waals surface area contributed by atoms with Crippen LogP contribution in [0.15, 0.2) is 30.6 Å². The Hall–Kier alpha value is -2.17. The van der Waals surface area contributed by atoms with Crippen LogP contribution in [-0.4, -0.2) is 15.1 Å². The molecule has 4 nitrogen and oxygen atoms in total. The van der Waals surface area contributed by atoms with E-state index >= 15 is 0 Å². The molecule has 2 rings (SSSR count). The van der Waals surface area contributed by atoms with Gasteiger partial charge in [0, 0.05) is 11.6 Å². The molecule has 1 aromatic heterocycles. The molecule has 2 aromatic rings. The van der Waals surface area contributed by atoms with Crippen LogP contribution in [0.4, 0.5) is 10.1 Å². The van der Waals surface area contributed by atoms with Gasteiger partial charge in [0.05, 0.1) is 18.1 Å². The van der Waals surface area contributed by atoms with E-state index in [2.05, 4.69) is 9.97 Å². The minimum atomic E-state index is -0.537. The van der Waals surface area contributed by atoms with Gasteiger partial charge < -0.3 is 10.8 Å². The number of halogens is 1. The Labute approximate surface area is 85.2 Å². The molecule has 15 heavy (non-hydrogen) atoms. The number of aromatic hydroxyl groups is 1. The van der Waals surface area contributed by atoms with Crippen LogP contribution in [0.1, 0.15) is 0 Å². The van der Waals surface area contributed by atoms with Gasteiger partial charge in [-0.3, -0.25) is 0 Å². The maximum absolute atomic E-state index is 13.0. The van der Waals surface area contributed by atoms with Crippen molar-refractivity contribution in [3.05, 3.63) is 36.4 Å². The molecule has 1 aromatic carbocycles. The number of hydrogen-bond acceptors (Lipinski definition) is 4. The highest BCUT2D eigenvalue weighted by Gasteiger charge is 2.04. The second-order valence-corrected chi connectivity index (χ2v) is 3.04. The molecule has 1 heterocycles. The van der Waals surface area contributed by atoms with Gasteiger partial charge in [-0.05, 0) is 12.1 Å². The molecule has 0 fully saturated rings. The van der Waals surface area contributed by atoms with Crippen molar-refractivity contribution in [2.24, 2.45) is 0 Å². The van der Waals surface area contributed by atoms with Crippen molar-refractivity contribution in [2.75, 3.05) is 5.73 Å². The van der Waals surface area contributed by atoms with Gasteiger partial charge in [0.2, 0.25) is 0 Å². The Balaban J connectivity index is 2.49. The van der Waals surface area contributed by atoms with Crippen molar-refractivity contribution in [1.29, 1.82) is 0 Å². The summed E-state index contributed by atoms with van der Waals surface area (Å²) in [5.74, 6) is -0.380. The summed E-state index contributed by atoms with van der Waals surface area (Å²) in [6.45, 7) is 0. The third kappa shape index (κ3) is 2.01. The topological polar surface area (TPSA) is 72.0 Å². The van der Waals surface area contributed by atoms with E-state index in [1.165, 1.54) is 24.5 Å². The van der Waals surface area contributed by atoms with E-state index in [-0.39, 0.29) is 5.75 Å². The van der Waals surface area contributed by atoms with Gasteiger partial charge in [0.1, 0.15) is 11.6 Å². The van der Waals surface area contributed by atoms with Crippen LogP contribution < -0.4 is 5.73 Å². The van der Waals surface area contributed by atoms with Crippen LogP contribution in [0.5, 0.6) is 5.75 Å². The van der Waals surface area contributed by atoms with E-state index in [0.29, 0.717) is 17.1 Å². The Morgan fingerprint density at radius 3 is 2.40 bits per heavy atom. The third-order valence-corrected chi connectivity index (χ3v) is 1.81. The first-order chi connectivity index (χ1) is 7.15. The summed E-state index contributed by atoms with van der Waals surface area (Å²) in [5.41, 5.74) is 6.26. The fourth-order valence-electron chi connectivity index (χ4n) is 1.19. The summed E-state index contributed by atoms with van der Waals surface area (Å²) in [7, 11) is 0. The van der Waals surface area contributed by atoms with E-state index < -0.39 is 5.82 Å². The lowest BCUT2D eigenvalue weighted by atomic mass is 10.2. The largest absolute Gasteiger partial charge is 0.508 e. The zero-order valence-corrected chi connectivity index (χ0v) is 7.68. The fraction of sp³-hybridized carbons (Fsp3) is 0. The molecule has 0 saturated carbocycles. The normalized spacial score (nSPS) is 10.2. The Bertz CT molecular complexity index is 464. The van der Waals surface area contributed by atoms with Crippen LogP contribution in [-0.2, 0) is 0 Å². The summed E-state index contributed by atoms with van der Waals surface area (Å²) in [6, 6.07) is 3.64. The SMILES string of the molecule is Nc1cnc(-c2cc(O)cc(F)c2)nc1. The first kappa shape index (κ1) is 9.39. The maximum atomic E-state index is 13.0. The molecule has 5 heteroatoms. The lowest BCUT2D eigenvalue weighted by Gasteiger charge is -2.01. The van der Waals surface area contributed by atoms with E-state index in [0.717, 1.165) is 6.07 Å². The number of hydrogen-bond donors (Lipinski definition) is 2. The van der Waals surface area contributed by atoms with E-state index in [1.54, 1.807) is 0 Å². The lowest BCUT2D eigenvalue weighted by molar-refractivity contribution is 0.469. The monoisotopic (exact) mass is 205 g/mol. The zero-order valence-electron chi connectivity index (χ0n) is 7.68. The maximum Gasteiger partial charge on any atom is 0.159 e. The molecular formula is C10H8FN3O. The fourth-order valence-corrected chi connectivity index (χ4v) is 1.19. The first-order valence-electron chi connectivity index (χ1n) is 4.22. The van der Waals surface area contributed by atoms with Crippen LogP contribution >= 0.6 is 0 Å². The third-order valence-electron chi connectivity index (χ3n) is 1.81. The molecule has 0 bridgehead atoms.